The van der Waals surface area contributed by atoms with Crippen LogP contribution in [0.2, 0.25) is 0 Å². The molecule has 2 amide bonds. The van der Waals surface area contributed by atoms with Gasteiger partial charge >= 0.3 is 0 Å². The Bertz CT molecular complexity index is 765. The average Bonchev–Trinajstić information content (AvgIpc) is 2.54. The van der Waals surface area contributed by atoms with Crippen LogP contribution < -0.4 is 15.4 Å². The molecule has 2 aromatic rings. The number of hydrogen-bond acceptors (Lipinski definition) is 3. The third-order valence-corrected chi connectivity index (χ3v) is 3.62. The average molecular weight is 381 g/mol. The summed E-state index contributed by atoms with van der Waals surface area (Å²) >= 11 is 3.13. The monoisotopic (exact) mass is 380 g/mol. The van der Waals surface area contributed by atoms with Crippen molar-refractivity contribution in [2.75, 3.05) is 19.5 Å². The van der Waals surface area contributed by atoms with E-state index in [1.807, 2.05) is 0 Å². The molecule has 0 fully saturated rings. The van der Waals surface area contributed by atoms with E-state index in [2.05, 4.69) is 26.6 Å². The molecule has 0 heterocycles. The van der Waals surface area contributed by atoms with Crippen LogP contribution in [0, 0.1) is 5.82 Å². The van der Waals surface area contributed by atoms with Crippen molar-refractivity contribution in [1.29, 1.82) is 0 Å². The predicted molar refractivity (Wildman–Crippen MR) is 88.4 cm³/mol. The molecule has 0 aliphatic rings. The van der Waals surface area contributed by atoms with Crippen LogP contribution in [0.15, 0.2) is 40.9 Å². The van der Waals surface area contributed by atoms with E-state index in [1.165, 1.54) is 38.4 Å². The molecule has 0 atom stereocenters. The molecule has 0 unspecified atom stereocenters. The van der Waals surface area contributed by atoms with Gasteiger partial charge in [0, 0.05) is 11.5 Å². The van der Waals surface area contributed by atoms with Crippen LogP contribution in [0.3, 0.4) is 0 Å². The Morgan fingerprint density at radius 3 is 2.43 bits per heavy atom. The highest BCUT2D eigenvalue weighted by atomic mass is 79.9. The summed E-state index contributed by atoms with van der Waals surface area (Å²) < 4.78 is 19.5. The second kappa shape index (κ2) is 7.23. The van der Waals surface area contributed by atoms with Crippen molar-refractivity contribution in [1.82, 2.24) is 5.32 Å². The Balaban J connectivity index is 2.35. The third-order valence-electron chi connectivity index (χ3n) is 3.12. The van der Waals surface area contributed by atoms with Crippen molar-refractivity contribution in [2.45, 2.75) is 0 Å². The van der Waals surface area contributed by atoms with E-state index < -0.39 is 17.6 Å². The first kappa shape index (κ1) is 17.0. The van der Waals surface area contributed by atoms with E-state index in [0.717, 1.165) is 0 Å². The van der Waals surface area contributed by atoms with Crippen LogP contribution in [0.4, 0.5) is 10.1 Å². The highest BCUT2D eigenvalue weighted by Gasteiger charge is 2.17. The molecule has 0 radical (unpaired) electrons. The van der Waals surface area contributed by atoms with Gasteiger partial charge in [0.05, 0.1) is 23.9 Å². The van der Waals surface area contributed by atoms with Crippen molar-refractivity contribution in [3.05, 3.63) is 57.8 Å². The number of carbonyl (C=O) groups is 2. The van der Waals surface area contributed by atoms with Gasteiger partial charge in [-0.05, 0) is 36.4 Å². The number of rotatable bonds is 4. The molecule has 23 heavy (non-hydrogen) atoms. The van der Waals surface area contributed by atoms with Crippen molar-refractivity contribution in [2.24, 2.45) is 0 Å². The summed E-state index contributed by atoms with van der Waals surface area (Å²) in [5, 5.41) is 5.02. The lowest BCUT2D eigenvalue weighted by atomic mass is 10.1. The molecule has 0 spiro atoms. The SMILES string of the molecule is CNC(=O)c1cc(OC)ccc1NC(=O)c1ccc(Br)cc1F. The molecule has 0 aromatic heterocycles. The summed E-state index contributed by atoms with van der Waals surface area (Å²) in [7, 11) is 2.94. The second-order valence-corrected chi connectivity index (χ2v) is 5.48. The summed E-state index contributed by atoms with van der Waals surface area (Å²) in [4.78, 5) is 24.2. The van der Waals surface area contributed by atoms with Gasteiger partial charge in [-0.3, -0.25) is 9.59 Å². The maximum Gasteiger partial charge on any atom is 0.258 e. The molecule has 0 saturated carbocycles. The summed E-state index contributed by atoms with van der Waals surface area (Å²) in [6, 6.07) is 8.73. The van der Waals surface area contributed by atoms with Crippen molar-refractivity contribution >= 4 is 33.4 Å². The number of carbonyl (C=O) groups excluding carboxylic acids is 2. The normalized spacial score (nSPS) is 10.1. The largest absolute Gasteiger partial charge is 0.497 e. The fourth-order valence-corrected chi connectivity index (χ4v) is 2.28. The van der Waals surface area contributed by atoms with E-state index in [0.29, 0.717) is 10.2 Å². The van der Waals surface area contributed by atoms with Gasteiger partial charge < -0.3 is 15.4 Å². The number of methoxy groups -OCH3 is 1. The number of nitrogens with one attached hydrogen (secondary N) is 2. The molecule has 0 aliphatic carbocycles. The first-order chi connectivity index (χ1) is 11.0. The fraction of sp³-hybridized carbons (Fsp3) is 0.125. The Morgan fingerprint density at radius 2 is 1.83 bits per heavy atom. The van der Waals surface area contributed by atoms with E-state index in [9.17, 15) is 14.0 Å². The highest BCUT2D eigenvalue weighted by molar-refractivity contribution is 9.10. The third kappa shape index (κ3) is 3.87. The fourth-order valence-electron chi connectivity index (χ4n) is 1.95. The maximum atomic E-state index is 13.9. The van der Waals surface area contributed by atoms with Crippen molar-refractivity contribution < 1.29 is 18.7 Å². The van der Waals surface area contributed by atoms with Crippen molar-refractivity contribution in [3.8, 4) is 5.75 Å². The lowest BCUT2D eigenvalue weighted by Gasteiger charge is -2.12. The van der Waals surface area contributed by atoms with Gasteiger partial charge in [-0.2, -0.15) is 0 Å². The van der Waals surface area contributed by atoms with E-state index >= 15 is 0 Å². The number of halogens is 2. The van der Waals surface area contributed by atoms with Crippen LogP contribution in [-0.4, -0.2) is 26.0 Å². The number of benzene rings is 2. The molecule has 0 saturated heterocycles. The highest BCUT2D eigenvalue weighted by Crippen LogP contribution is 2.23. The van der Waals surface area contributed by atoms with Gasteiger partial charge in [0.1, 0.15) is 11.6 Å². The molecule has 2 rings (SSSR count). The summed E-state index contributed by atoms with van der Waals surface area (Å²) in [5.41, 5.74) is 0.363. The quantitative estimate of drug-likeness (QED) is 0.855. The number of hydrogen-bond donors (Lipinski definition) is 2. The van der Waals surface area contributed by atoms with Crippen LogP contribution in [0.5, 0.6) is 5.75 Å². The molecular weight excluding hydrogens is 367 g/mol. The summed E-state index contributed by atoms with van der Waals surface area (Å²) in [6.45, 7) is 0. The van der Waals surface area contributed by atoms with Crippen LogP contribution in [0.1, 0.15) is 20.7 Å². The van der Waals surface area contributed by atoms with E-state index in [1.54, 1.807) is 12.1 Å². The Kier molecular flexibility index (Phi) is 5.33. The number of ether oxygens (including phenoxy) is 1. The van der Waals surface area contributed by atoms with Crippen LogP contribution in [-0.2, 0) is 0 Å². The Hall–Kier alpha value is -2.41. The molecule has 7 heteroatoms. The molecule has 120 valence electrons. The van der Waals surface area contributed by atoms with Gasteiger partial charge in [0.15, 0.2) is 0 Å². The van der Waals surface area contributed by atoms with Crippen LogP contribution in [0.25, 0.3) is 0 Å². The smallest absolute Gasteiger partial charge is 0.258 e. The Morgan fingerprint density at radius 1 is 1.09 bits per heavy atom. The number of anilines is 1. The molecule has 0 aliphatic heterocycles. The van der Waals surface area contributed by atoms with Crippen molar-refractivity contribution in [3.63, 3.8) is 0 Å². The number of amides is 2. The first-order valence-corrected chi connectivity index (χ1v) is 7.42. The molecule has 5 nitrogen and oxygen atoms in total. The van der Waals surface area contributed by atoms with Gasteiger partial charge in [0.2, 0.25) is 0 Å². The predicted octanol–water partition coefficient (Wildman–Crippen LogP) is 3.21. The Labute approximate surface area is 141 Å². The van der Waals surface area contributed by atoms with E-state index in [4.69, 9.17) is 4.74 Å². The van der Waals surface area contributed by atoms with E-state index in [-0.39, 0.29) is 16.8 Å². The molecule has 0 bridgehead atoms. The topological polar surface area (TPSA) is 67.4 Å². The first-order valence-electron chi connectivity index (χ1n) is 6.62. The standard InChI is InChI=1S/C16H14BrFN2O3/c1-19-15(21)12-8-10(23-2)4-6-14(12)20-16(22)11-5-3-9(17)7-13(11)18/h3-8H,1-2H3,(H,19,21)(H,20,22). The molecular formula is C16H14BrFN2O3. The minimum atomic E-state index is -0.660. The van der Waals surface area contributed by atoms with Gasteiger partial charge in [-0.15, -0.1) is 0 Å². The van der Waals surface area contributed by atoms with Gasteiger partial charge in [-0.1, -0.05) is 15.9 Å². The van der Waals surface area contributed by atoms with Gasteiger partial charge in [-0.25, -0.2) is 4.39 Å². The minimum Gasteiger partial charge on any atom is -0.497 e. The van der Waals surface area contributed by atoms with Crippen LogP contribution >= 0.6 is 15.9 Å². The zero-order valence-electron chi connectivity index (χ0n) is 12.4. The molecule has 2 aromatic carbocycles. The lowest BCUT2D eigenvalue weighted by Crippen LogP contribution is -2.22. The lowest BCUT2D eigenvalue weighted by molar-refractivity contribution is 0.0963. The summed E-state index contributed by atoms with van der Waals surface area (Å²) in [5.74, 6) is -1.23. The molecule has 2 N–H and O–H groups in total. The second-order valence-electron chi connectivity index (χ2n) is 4.57. The summed E-state index contributed by atoms with van der Waals surface area (Å²) in [6.07, 6.45) is 0. The zero-order valence-corrected chi connectivity index (χ0v) is 14.0. The minimum absolute atomic E-state index is 0.119. The zero-order chi connectivity index (χ0) is 17.0. The maximum absolute atomic E-state index is 13.9. The van der Waals surface area contributed by atoms with Gasteiger partial charge in [0.25, 0.3) is 11.8 Å².